The number of rotatable bonds is 4. The van der Waals surface area contributed by atoms with Gasteiger partial charge >= 0.3 is 0 Å². The Morgan fingerprint density at radius 3 is 2.74 bits per heavy atom. The van der Waals surface area contributed by atoms with E-state index >= 15 is 0 Å². The average Bonchev–Trinajstić information content (AvgIpc) is 2.53. The van der Waals surface area contributed by atoms with Gasteiger partial charge in [0.25, 0.3) is 0 Å². The molecule has 128 valence electrons. The van der Waals surface area contributed by atoms with Crippen molar-refractivity contribution in [3.8, 4) is 11.5 Å². The van der Waals surface area contributed by atoms with E-state index in [-0.39, 0.29) is 23.5 Å². The largest absolute Gasteiger partial charge is 0.493 e. The summed E-state index contributed by atoms with van der Waals surface area (Å²) in [6.07, 6.45) is 1.77. The number of piperidine rings is 1. The molecule has 0 saturated carbocycles. The topological polar surface area (TPSA) is 41.9 Å². The van der Waals surface area contributed by atoms with Gasteiger partial charge in [0.2, 0.25) is 0 Å². The molecule has 0 amide bonds. The highest BCUT2D eigenvalue weighted by atomic mass is 16.6. The number of hydrogen-bond acceptors (Lipinski definition) is 4. The van der Waals surface area contributed by atoms with Crippen LogP contribution < -0.4 is 9.47 Å². The average molecular weight is 327 g/mol. The van der Waals surface area contributed by atoms with Gasteiger partial charge < -0.3 is 14.6 Å². The summed E-state index contributed by atoms with van der Waals surface area (Å²) < 4.78 is 54.4. The maximum atomic E-state index is 10.7. The lowest BCUT2D eigenvalue weighted by Crippen LogP contribution is -2.48. The molecule has 1 N–H and O–H groups in total. The molecule has 2 heterocycles. The quantitative estimate of drug-likeness (QED) is 0.863. The van der Waals surface area contributed by atoms with Crippen LogP contribution in [0.15, 0.2) is 12.1 Å². The zero-order valence-electron chi connectivity index (χ0n) is 19.7. The lowest BCUT2D eigenvalue weighted by Gasteiger charge is -2.46. The third kappa shape index (κ3) is 3.20. The van der Waals surface area contributed by atoms with E-state index in [1.165, 1.54) is 0 Å². The molecule has 4 nitrogen and oxygen atoms in total. The van der Waals surface area contributed by atoms with Crippen molar-refractivity contribution in [3.05, 3.63) is 23.3 Å². The van der Waals surface area contributed by atoms with Crippen LogP contribution in [0.3, 0.4) is 0 Å². The Hall–Kier alpha value is -1.26. The SMILES string of the molecule is [2H][13C]([2H])([2H])Oc1cc2c(cc1O[13C]([2H])([2H])[2H])C1C[C@@H](O)C(CC(C)C)CN1CC2. The molecule has 0 aromatic heterocycles. The van der Waals surface area contributed by atoms with E-state index in [0.717, 1.165) is 30.6 Å². The van der Waals surface area contributed by atoms with Crippen molar-refractivity contribution in [1.82, 2.24) is 4.90 Å². The number of hydrogen-bond donors (Lipinski definition) is 1. The predicted octanol–water partition coefficient (Wildman–Crippen LogP) is 3.03. The maximum Gasteiger partial charge on any atom is 0.161 e. The van der Waals surface area contributed by atoms with E-state index < -0.39 is 20.2 Å². The standard InChI is InChI=1S/C19H29NO3/c1-12(2)7-14-11-20-6-5-13-8-18(22-3)19(23-4)9-15(13)16(20)10-17(14)21/h8-9,12,14,16-17,21H,5-7,10-11H2,1-4H3/t14?,16?,17-/m1/s1/i3+1D3,4+1D3. The number of fused-ring (bicyclic) bond motifs is 3. The highest BCUT2D eigenvalue weighted by Gasteiger charge is 2.38. The van der Waals surface area contributed by atoms with Crippen LogP contribution in [-0.2, 0) is 6.42 Å². The van der Waals surface area contributed by atoms with E-state index in [4.69, 9.17) is 17.7 Å². The Labute approximate surface area is 147 Å². The van der Waals surface area contributed by atoms with Gasteiger partial charge in [0.05, 0.1) is 28.4 Å². The third-order valence-corrected chi connectivity index (χ3v) is 5.15. The second-order valence-corrected chi connectivity index (χ2v) is 7.16. The summed E-state index contributed by atoms with van der Waals surface area (Å²) in [5.74, 6) is 0.508. The zero-order valence-corrected chi connectivity index (χ0v) is 13.7. The van der Waals surface area contributed by atoms with Gasteiger partial charge in [-0.3, -0.25) is 4.90 Å². The molecule has 2 unspecified atom stereocenters. The minimum atomic E-state index is -2.73. The molecular formula is C19H29NO3. The maximum absolute atomic E-state index is 10.7. The van der Waals surface area contributed by atoms with Crippen molar-refractivity contribution in [2.24, 2.45) is 11.8 Å². The Bertz CT molecular complexity index is 734. The molecule has 0 aliphatic carbocycles. The van der Waals surface area contributed by atoms with Crippen molar-refractivity contribution in [3.63, 3.8) is 0 Å². The van der Waals surface area contributed by atoms with E-state index in [2.05, 4.69) is 18.7 Å². The molecule has 3 rings (SSSR count). The fourth-order valence-corrected chi connectivity index (χ4v) is 4.10. The second-order valence-electron chi connectivity index (χ2n) is 7.16. The van der Waals surface area contributed by atoms with Crippen LogP contribution in [0.5, 0.6) is 11.5 Å². The molecule has 2 aliphatic heterocycles. The number of benzene rings is 1. The first-order valence-electron chi connectivity index (χ1n) is 11.3. The third-order valence-electron chi connectivity index (χ3n) is 5.15. The molecule has 0 bridgehead atoms. The number of ether oxygens (including phenoxy) is 2. The lowest BCUT2D eigenvalue weighted by molar-refractivity contribution is -0.0191. The number of methoxy groups -OCH3 is 2. The number of nitrogens with zero attached hydrogens (tertiary/aromatic N) is 1. The minimum absolute atomic E-state index is 0.0575. The molecule has 23 heavy (non-hydrogen) atoms. The van der Waals surface area contributed by atoms with Crippen LogP contribution in [0, 0.1) is 11.8 Å². The molecule has 1 fully saturated rings. The Balaban J connectivity index is 1.94. The first-order chi connectivity index (χ1) is 13.3. The molecule has 2 aliphatic rings. The van der Waals surface area contributed by atoms with Gasteiger partial charge in [-0.25, -0.2) is 0 Å². The highest BCUT2D eigenvalue weighted by Crippen LogP contribution is 2.43. The number of aliphatic hydroxyl groups is 1. The summed E-state index contributed by atoms with van der Waals surface area (Å²) >= 11 is 0. The Morgan fingerprint density at radius 1 is 1.30 bits per heavy atom. The van der Waals surface area contributed by atoms with Crippen molar-refractivity contribution in [1.29, 1.82) is 0 Å². The van der Waals surface area contributed by atoms with Gasteiger partial charge in [0.15, 0.2) is 11.5 Å². The fraction of sp³-hybridized carbons (Fsp3) is 0.684. The molecule has 1 aromatic carbocycles. The fourth-order valence-electron chi connectivity index (χ4n) is 4.10. The van der Waals surface area contributed by atoms with Gasteiger partial charge in [-0.1, -0.05) is 13.8 Å². The van der Waals surface area contributed by atoms with Crippen molar-refractivity contribution in [2.45, 2.75) is 45.3 Å². The summed E-state index contributed by atoms with van der Waals surface area (Å²) in [6, 6.07) is 3.10. The van der Waals surface area contributed by atoms with Crippen molar-refractivity contribution in [2.75, 3.05) is 27.2 Å². The molecule has 0 radical (unpaired) electrons. The van der Waals surface area contributed by atoms with Gasteiger partial charge in [-0.05, 0) is 54.4 Å². The monoisotopic (exact) mass is 327 g/mol. The summed E-state index contributed by atoms with van der Waals surface area (Å²) in [7, 11) is -5.45. The van der Waals surface area contributed by atoms with E-state index in [1.807, 2.05) is 0 Å². The van der Waals surface area contributed by atoms with Crippen LogP contribution in [0.1, 0.15) is 52.1 Å². The summed E-state index contributed by atoms with van der Waals surface area (Å²) in [6.45, 7) is 5.88. The van der Waals surface area contributed by atoms with Gasteiger partial charge in [-0.2, -0.15) is 0 Å². The van der Waals surface area contributed by atoms with Crippen LogP contribution in [0.2, 0.25) is 0 Å². The number of aliphatic hydroxyl groups excluding tert-OH is 1. The van der Waals surface area contributed by atoms with Crippen LogP contribution in [-0.4, -0.2) is 43.3 Å². The summed E-state index contributed by atoms with van der Waals surface area (Å²) in [4.78, 5) is 2.32. The van der Waals surface area contributed by atoms with Gasteiger partial charge in [0, 0.05) is 19.1 Å². The van der Waals surface area contributed by atoms with Crippen LogP contribution >= 0.6 is 0 Å². The summed E-state index contributed by atoms with van der Waals surface area (Å²) in [5, 5.41) is 10.7. The minimum Gasteiger partial charge on any atom is -0.493 e. The summed E-state index contributed by atoms with van der Waals surface area (Å²) in [5.41, 5.74) is 1.77. The zero-order chi connectivity index (χ0) is 21.6. The molecule has 1 aromatic rings. The Morgan fingerprint density at radius 2 is 2.04 bits per heavy atom. The van der Waals surface area contributed by atoms with Crippen molar-refractivity contribution >= 4 is 0 Å². The highest BCUT2D eigenvalue weighted by molar-refractivity contribution is 5.49. The van der Waals surface area contributed by atoms with Gasteiger partial charge in [0.1, 0.15) is 0 Å². The van der Waals surface area contributed by atoms with Crippen LogP contribution in [0.4, 0.5) is 0 Å². The normalized spacial score (nSPS) is 32.4. The molecular weight excluding hydrogens is 292 g/mol. The van der Waals surface area contributed by atoms with E-state index in [0.29, 0.717) is 18.8 Å². The molecule has 3 atom stereocenters. The predicted molar refractivity (Wildman–Crippen MR) is 91.1 cm³/mol. The Kier molecular flexibility index (Phi) is 3.08. The van der Waals surface area contributed by atoms with Gasteiger partial charge in [-0.15, -0.1) is 0 Å². The van der Waals surface area contributed by atoms with Crippen LogP contribution in [0.25, 0.3) is 0 Å². The second kappa shape index (κ2) is 6.70. The van der Waals surface area contributed by atoms with E-state index in [1.54, 1.807) is 12.1 Å². The van der Waals surface area contributed by atoms with E-state index in [9.17, 15) is 5.11 Å². The molecule has 1 saturated heterocycles. The van der Waals surface area contributed by atoms with Crippen molar-refractivity contribution < 1.29 is 22.8 Å². The smallest absolute Gasteiger partial charge is 0.161 e. The molecule has 4 heteroatoms. The first-order valence-corrected chi connectivity index (χ1v) is 8.29. The first kappa shape index (κ1) is 10.6. The molecule has 0 spiro atoms. The lowest BCUT2D eigenvalue weighted by atomic mass is 9.79.